The molecule has 348 valence electrons. The average Bonchev–Trinajstić information content (AvgIpc) is 4.07. The Morgan fingerprint density at radius 3 is 1.00 bits per heavy atom. The van der Waals surface area contributed by atoms with Crippen LogP contribution in [0.1, 0.15) is 234 Å². The van der Waals surface area contributed by atoms with Gasteiger partial charge in [-0.3, -0.25) is 0 Å². The summed E-state index contributed by atoms with van der Waals surface area (Å²) in [5.41, 5.74) is -1.23. The summed E-state index contributed by atoms with van der Waals surface area (Å²) in [5, 5.41) is 21.8. The first-order chi connectivity index (χ1) is 29.8. The van der Waals surface area contributed by atoms with Crippen LogP contribution >= 0.6 is 0 Å². The van der Waals surface area contributed by atoms with Crippen molar-refractivity contribution in [1.82, 2.24) is 0 Å². The van der Waals surface area contributed by atoms with Crippen LogP contribution < -0.4 is 28.4 Å². The van der Waals surface area contributed by atoms with E-state index in [0.717, 1.165) is 108 Å². The third-order valence-electron chi connectivity index (χ3n) is 16.3. The summed E-state index contributed by atoms with van der Waals surface area (Å²) in [7, 11) is 0. The topological polar surface area (TPSA) is 95.8 Å². The Morgan fingerprint density at radius 2 is 0.613 bits per heavy atom. The number of phenols is 2. The van der Waals surface area contributed by atoms with Gasteiger partial charge in [0.15, 0.2) is 23.0 Å². The van der Waals surface area contributed by atoms with E-state index in [1.807, 2.05) is 12.1 Å². The largest absolute Gasteiger partial charge is 0.504 e. The van der Waals surface area contributed by atoms with Gasteiger partial charge in [-0.15, -0.1) is 0 Å². The smallest absolute Gasteiger partial charge is 0.208 e. The summed E-state index contributed by atoms with van der Waals surface area (Å²) < 4.78 is 40.3. The average molecular weight is 861 g/mol. The van der Waals surface area contributed by atoms with Crippen LogP contribution in [-0.2, 0) is 0 Å². The summed E-state index contributed by atoms with van der Waals surface area (Å²) in [5.74, 6) is 4.04. The number of rotatable bonds is 15. The van der Waals surface area contributed by atoms with Gasteiger partial charge in [-0.25, -0.2) is 0 Å². The second kappa shape index (κ2) is 19.9. The molecule has 0 heterocycles. The molecule has 0 aliphatic heterocycles. The second-order valence-electron chi connectivity index (χ2n) is 21.4. The maximum absolute atomic E-state index is 10.9. The molecule has 0 atom stereocenters. The van der Waals surface area contributed by atoms with E-state index in [0.29, 0.717) is 23.0 Å². The minimum absolute atomic E-state index is 0.128. The van der Waals surface area contributed by atoms with E-state index in [2.05, 4.69) is 41.5 Å². The molecule has 8 nitrogen and oxygen atoms in total. The molecule has 6 aliphatic rings. The van der Waals surface area contributed by atoms with E-state index >= 15 is 0 Å². The minimum atomic E-state index is -0.269. The summed E-state index contributed by atoms with van der Waals surface area (Å²) in [6, 6.07) is 7.24. The van der Waals surface area contributed by atoms with Crippen molar-refractivity contribution in [2.75, 3.05) is 0 Å². The van der Waals surface area contributed by atoms with Gasteiger partial charge in [0, 0.05) is 0 Å². The molecule has 8 rings (SSSR count). The number of phenolic OH excluding ortho intramolecular Hbond substituents is 2. The molecule has 0 spiro atoms. The lowest BCUT2D eigenvalue weighted by atomic mass is 9.85. The Labute approximate surface area is 375 Å². The second-order valence-corrected chi connectivity index (χ2v) is 21.4. The Kier molecular flexibility index (Phi) is 15.0. The number of benzene rings is 2. The Balaban J connectivity index is 0.000000186. The first-order valence-corrected chi connectivity index (χ1v) is 25.6. The maximum Gasteiger partial charge on any atom is 0.208 e. The lowest BCUT2D eigenvalue weighted by Gasteiger charge is -2.40. The van der Waals surface area contributed by atoms with Crippen molar-refractivity contribution in [2.45, 2.75) is 268 Å². The fraction of sp³-hybridized carbons (Fsp3) is 0.778. The van der Waals surface area contributed by atoms with Crippen molar-refractivity contribution < 1.29 is 38.6 Å². The van der Waals surface area contributed by atoms with E-state index < -0.39 is 0 Å². The third kappa shape index (κ3) is 11.0. The fourth-order valence-electron chi connectivity index (χ4n) is 11.9. The van der Waals surface area contributed by atoms with E-state index in [-0.39, 0.29) is 45.1 Å². The first kappa shape index (κ1) is 46.8. The molecule has 0 radical (unpaired) electrons. The molecular weight excluding hydrogens is 777 g/mol. The van der Waals surface area contributed by atoms with Crippen LogP contribution in [0.3, 0.4) is 0 Å². The van der Waals surface area contributed by atoms with Gasteiger partial charge in [0.25, 0.3) is 0 Å². The van der Waals surface area contributed by atoms with E-state index in [4.69, 9.17) is 28.4 Å². The van der Waals surface area contributed by atoms with Gasteiger partial charge in [-0.2, -0.15) is 0 Å². The Morgan fingerprint density at radius 1 is 0.339 bits per heavy atom. The number of hydrogen-bond acceptors (Lipinski definition) is 8. The first-order valence-electron chi connectivity index (χ1n) is 25.6. The monoisotopic (exact) mass is 861 g/mol. The Hall–Kier alpha value is -3.16. The third-order valence-corrected chi connectivity index (χ3v) is 16.3. The summed E-state index contributed by atoms with van der Waals surface area (Å²) in [6.07, 6.45) is 33.4. The summed E-state index contributed by atoms with van der Waals surface area (Å²) >= 11 is 0. The molecule has 0 unspecified atom stereocenters. The van der Waals surface area contributed by atoms with Crippen molar-refractivity contribution in [2.24, 2.45) is 0 Å². The number of hydrogen-bond donors (Lipinski definition) is 2. The van der Waals surface area contributed by atoms with Gasteiger partial charge in [0.2, 0.25) is 23.0 Å². The number of ether oxygens (including phenoxy) is 6. The molecule has 62 heavy (non-hydrogen) atoms. The molecular formula is C54H84O8. The van der Waals surface area contributed by atoms with Crippen LogP contribution in [0.5, 0.6) is 46.0 Å². The van der Waals surface area contributed by atoms with Crippen molar-refractivity contribution >= 4 is 0 Å². The molecule has 6 fully saturated rings. The standard InChI is InChI=1S/2C27H42O4/c1-25(15-7-4-8-16-25)29-22-14-13-21(28)23(30-26(2)17-9-5-10-18-26)24(22)31-27(3)19-11-6-12-20-27;1-4-25(15-7-8-16-25)29-22-14-13-21(28)23(30-26(5-2)17-9-10-18-26)24(22)31-27(6-3)19-11-12-20-27/h2*13-14,28H,4-12,15-20H2,1-3H3. The van der Waals surface area contributed by atoms with Crippen LogP contribution in [0, 0.1) is 0 Å². The molecule has 2 aromatic rings. The van der Waals surface area contributed by atoms with Gasteiger partial charge < -0.3 is 38.6 Å². The van der Waals surface area contributed by atoms with E-state index in [1.165, 1.54) is 96.3 Å². The zero-order valence-electron chi connectivity index (χ0n) is 39.9. The van der Waals surface area contributed by atoms with Gasteiger partial charge in [0.1, 0.15) is 33.6 Å². The van der Waals surface area contributed by atoms with Gasteiger partial charge in [0.05, 0.1) is 0 Å². The highest BCUT2D eigenvalue weighted by molar-refractivity contribution is 5.60. The predicted molar refractivity (Wildman–Crippen MR) is 249 cm³/mol. The fourth-order valence-corrected chi connectivity index (χ4v) is 11.9. The molecule has 0 amide bonds. The highest BCUT2D eigenvalue weighted by Gasteiger charge is 2.43. The molecule has 8 heteroatoms. The normalized spacial score (nSPS) is 24.3. The maximum atomic E-state index is 10.9. The molecule has 6 saturated carbocycles. The molecule has 0 saturated heterocycles. The Bertz CT molecular complexity index is 1730. The lowest BCUT2D eigenvalue weighted by Crippen LogP contribution is -2.38. The molecule has 2 aromatic carbocycles. The molecule has 2 N–H and O–H groups in total. The SMILES string of the molecule is CC1(Oc2ccc(O)c(OC3(C)CCCCC3)c2OC2(C)CCCCC2)CCCCC1.CCC1(Oc2ccc(O)c(OC3(CC)CCCC3)c2OC2(CC)CCCC2)CCCC1. The van der Waals surface area contributed by atoms with Crippen LogP contribution in [0.4, 0.5) is 0 Å². The molecule has 0 bridgehead atoms. The molecule has 0 aromatic heterocycles. The van der Waals surface area contributed by atoms with Gasteiger partial charge in [-0.1, -0.05) is 40.0 Å². The van der Waals surface area contributed by atoms with Crippen LogP contribution in [0.2, 0.25) is 0 Å². The lowest BCUT2D eigenvalue weighted by molar-refractivity contribution is 0.00740. The molecule has 6 aliphatic carbocycles. The van der Waals surface area contributed by atoms with Crippen molar-refractivity contribution in [3.63, 3.8) is 0 Å². The van der Waals surface area contributed by atoms with Gasteiger partial charge >= 0.3 is 0 Å². The van der Waals surface area contributed by atoms with Crippen molar-refractivity contribution in [3.05, 3.63) is 24.3 Å². The summed E-state index contributed by atoms with van der Waals surface area (Å²) in [4.78, 5) is 0. The zero-order valence-corrected chi connectivity index (χ0v) is 39.9. The van der Waals surface area contributed by atoms with E-state index in [1.54, 1.807) is 12.1 Å². The highest BCUT2D eigenvalue weighted by atomic mass is 16.6. The van der Waals surface area contributed by atoms with Crippen molar-refractivity contribution in [3.8, 4) is 46.0 Å². The van der Waals surface area contributed by atoms with Crippen LogP contribution in [-0.4, -0.2) is 43.8 Å². The van der Waals surface area contributed by atoms with Crippen LogP contribution in [0.25, 0.3) is 0 Å². The predicted octanol–water partition coefficient (Wildman–Crippen LogP) is 15.4. The minimum Gasteiger partial charge on any atom is -0.504 e. The van der Waals surface area contributed by atoms with Crippen molar-refractivity contribution in [1.29, 1.82) is 0 Å². The zero-order chi connectivity index (χ0) is 43.9. The number of aromatic hydroxyl groups is 2. The van der Waals surface area contributed by atoms with Gasteiger partial charge in [-0.05, 0) is 218 Å². The quantitative estimate of drug-likeness (QED) is 0.183. The highest BCUT2D eigenvalue weighted by Crippen LogP contribution is 2.54. The summed E-state index contributed by atoms with van der Waals surface area (Å²) in [6.45, 7) is 13.2. The van der Waals surface area contributed by atoms with E-state index in [9.17, 15) is 10.2 Å². The van der Waals surface area contributed by atoms with Crippen LogP contribution in [0.15, 0.2) is 24.3 Å².